The van der Waals surface area contributed by atoms with E-state index in [2.05, 4.69) is 11.9 Å². The van der Waals surface area contributed by atoms with Gasteiger partial charge in [0.1, 0.15) is 0 Å². The first kappa shape index (κ1) is 9.97. The van der Waals surface area contributed by atoms with Crippen molar-refractivity contribution in [1.82, 2.24) is 4.90 Å². The number of hydrogen-bond acceptors (Lipinski definition) is 3. The lowest BCUT2D eigenvalue weighted by Crippen LogP contribution is -2.37. The minimum atomic E-state index is -0.0734. The fourth-order valence-corrected chi connectivity index (χ4v) is 2.68. The van der Waals surface area contributed by atoms with Crippen LogP contribution in [0.4, 0.5) is 0 Å². The number of rotatable bonds is 2. The van der Waals surface area contributed by atoms with Crippen molar-refractivity contribution in [1.29, 1.82) is 0 Å². The molecule has 0 amide bonds. The molecule has 0 aromatic rings. The van der Waals surface area contributed by atoms with Crippen LogP contribution in [0.5, 0.6) is 0 Å². The van der Waals surface area contributed by atoms with E-state index in [1.54, 1.807) is 0 Å². The molecule has 3 nitrogen and oxygen atoms in total. The van der Waals surface area contributed by atoms with Crippen LogP contribution in [0, 0.1) is 11.3 Å². The average Bonchev–Trinajstić information content (AvgIpc) is 2.99. The fraction of sp³-hybridized carbons (Fsp3) is 0.909. The summed E-state index contributed by atoms with van der Waals surface area (Å²) in [4.78, 5) is 14.0. The smallest absolute Gasteiger partial charge is 0.312 e. The van der Waals surface area contributed by atoms with Gasteiger partial charge in [0.2, 0.25) is 0 Å². The Labute approximate surface area is 85.4 Å². The summed E-state index contributed by atoms with van der Waals surface area (Å²) in [7, 11) is 3.66. The van der Waals surface area contributed by atoms with Gasteiger partial charge in [0.15, 0.2) is 0 Å². The van der Waals surface area contributed by atoms with Gasteiger partial charge in [0.25, 0.3) is 0 Å². The van der Waals surface area contributed by atoms with Crippen LogP contribution in [0.2, 0.25) is 0 Å². The molecule has 14 heavy (non-hydrogen) atoms. The second kappa shape index (κ2) is 3.54. The Morgan fingerprint density at radius 3 is 2.36 bits per heavy atom. The van der Waals surface area contributed by atoms with Crippen LogP contribution in [-0.4, -0.2) is 38.1 Å². The molecule has 0 aromatic heterocycles. The van der Waals surface area contributed by atoms with E-state index in [4.69, 9.17) is 4.74 Å². The monoisotopic (exact) mass is 197 g/mol. The standard InChI is InChI=1S/C11H19NO2/c1-12-7-3-9(4-8-12)11(5-6-11)10(13)14-2/h9H,3-8H2,1-2H3. The summed E-state index contributed by atoms with van der Waals surface area (Å²) in [5, 5.41) is 0. The highest BCUT2D eigenvalue weighted by atomic mass is 16.5. The molecule has 2 fully saturated rings. The van der Waals surface area contributed by atoms with E-state index in [0.717, 1.165) is 38.8 Å². The van der Waals surface area contributed by atoms with E-state index in [9.17, 15) is 4.79 Å². The molecule has 1 heterocycles. The van der Waals surface area contributed by atoms with E-state index in [-0.39, 0.29) is 11.4 Å². The molecule has 2 rings (SSSR count). The average molecular weight is 197 g/mol. The van der Waals surface area contributed by atoms with Gasteiger partial charge in [0.05, 0.1) is 12.5 Å². The lowest BCUT2D eigenvalue weighted by Gasteiger charge is -2.33. The molecule has 0 spiro atoms. The van der Waals surface area contributed by atoms with Gasteiger partial charge in [-0.1, -0.05) is 0 Å². The second-order valence-corrected chi connectivity index (χ2v) is 4.73. The summed E-state index contributed by atoms with van der Waals surface area (Å²) < 4.78 is 4.91. The number of carbonyl (C=O) groups is 1. The van der Waals surface area contributed by atoms with Crippen LogP contribution in [-0.2, 0) is 9.53 Å². The Balaban J connectivity index is 1.98. The molecule has 1 aliphatic heterocycles. The van der Waals surface area contributed by atoms with Crippen LogP contribution < -0.4 is 0 Å². The zero-order valence-corrected chi connectivity index (χ0v) is 9.08. The van der Waals surface area contributed by atoms with Crippen LogP contribution in [0.3, 0.4) is 0 Å². The van der Waals surface area contributed by atoms with E-state index in [0.29, 0.717) is 5.92 Å². The maximum absolute atomic E-state index is 11.6. The van der Waals surface area contributed by atoms with Crippen molar-refractivity contribution in [2.75, 3.05) is 27.2 Å². The molecule has 1 saturated carbocycles. The van der Waals surface area contributed by atoms with Crippen molar-refractivity contribution in [3.05, 3.63) is 0 Å². The fourth-order valence-electron chi connectivity index (χ4n) is 2.68. The third-order valence-corrected chi connectivity index (χ3v) is 3.88. The molecule has 0 atom stereocenters. The van der Waals surface area contributed by atoms with Crippen LogP contribution >= 0.6 is 0 Å². The summed E-state index contributed by atoms with van der Waals surface area (Å²) in [5.74, 6) is 0.609. The van der Waals surface area contributed by atoms with Gasteiger partial charge in [-0.15, -0.1) is 0 Å². The Morgan fingerprint density at radius 1 is 1.36 bits per heavy atom. The normalized spacial score (nSPS) is 27.3. The summed E-state index contributed by atoms with van der Waals surface area (Å²) in [6.07, 6.45) is 4.42. The van der Waals surface area contributed by atoms with E-state index in [1.807, 2.05) is 0 Å². The van der Waals surface area contributed by atoms with Gasteiger partial charge in [0, 0.05) is 0 Å². The van der Waals surface area contributed by atoms with E-state index in [1.165, 1.54) is 7.11 Å². The Hall–Kier alpha value is -0.570. The molecule has 2 aliphatic rings. The molecule has 1 aliphatic carbocycles. The largest absolute Gasteiger partial charge is 0.469 e. The summed E-state index contributed by atoms with van der Waals surface area (Å²) in [5.41, 5.74) is -0.0734. The zero-order chi connectivity index (χ0) is 10.2. The minimum absolute atomic E-state index is 0.0343. The highest BCUT2D eigenvalue weighted by molar-refractivity contribution is 5.80. The minimum Gasteiger partial charge on any atom is -0.469 e. The summed E-state index contributed by atoms with van der Waals surface area (Å²) >= 11 is 0. The number of methoxy groups -OCH3 is 1. The number of nitrogens with zero attached hydrogens (tertiary/aromatic N) is 1. The maximum atomic E-state index is 11.6. The lowest BCUT2D eigenvalue weighted by atomic mass is 9.81. The zero-order valence-electron chi connectivity index (χ0n) is 9.08. The van der Waals surface area contributed by atoms with E-state index < -0.39 is 0 Å². The number of ether oxygens (including phenoxy) is 1. The molecule has 1 saturated heterocycles. The third kappa shape index (κ3) is 1.54. The van der Waals surface area contributed by atoms with Gasteiger partial charge < -0.3 is 9.64 Å². The third-order valence-electron chi connectivity index (χ3n) is 3.88. The summed E-state index contributed by atoms with van der Waals surface area (Å²) in [6.45, 7) is 2.26. The summed E-state index contributed by atoms with van der Waals surface area (Å²) in [6, 6.07) is 0. The highest BCUT2D eigenvalue weighted by Gasteiger charge is 2.56. The first-order valence-corrected chi connectivity index (χ1v) is 5.46. The van der Waals surface area contributed by atoms with Gasteiger partial charge >= 0.3 is 5.97 Å². The quantitative estimate of drug-likeness (QED) is 0.625. The van der Waals surface area contributed by atoms with Crippen molar-refractivity contribution in [3.63, 3.8) is 0 Å². The van der Waals surface area contributed by atoms with Crippen LogP contribution in [0.1, 0.15) is 25.7 Å². The molecular weight excluding hydrogens is 178 g/mol. The van der Waals surface area contributed by atoms with Crippen LogP contribution in [0.25, 0.3) is 0 Å². The number of carbonyl (C=O) groups excluding carboxylic acids is 1. The Bertz CT molecular complexity index is 227. The molecule has 0 aromatic carbocycles. The van der Waals surface area contributed by atoms with Gasteiger partial charge in [-0.25, -0.2) is 0 Å². The molecular formula is C11H19NO2. The van der Waals surface area contributed by atoms with E-state index >= 15 is 0 Å². The molecule has 0 N–H and O–H groups in total. The number of hydrogen-bond donors (Lipinski definition) is 0. The number of esters is 1. The molecule has 80 valence electrons. The topological polar surface area (TPSA) is 29.5 Å². The lowest BCUT2D eigenvalue weighted by molar-refractivity contribution is -0.150. The van der Waals surface area contributed by atoms with Gasteiger partial charge in [-0.2, -0.15) is 0 Å². The highest BCUT2D eigenvalue weighted by Crippen LogP contribution is 2.55. The molecule has 3 heteroatoms. The number of likely N-dealkylation sites (tertiary alicyclic amines) is 1. The van der Waals surface area contributed by atoms with Crippen molar-refractivity contribution in [3.8, 4) is 0 Å². The first-order valence-electron chi connectivity index (χ1n) is 5.46. The van der Waals surface area contributed by atoms with Crippen molar-refractivity contribution >= 4 is 5.97 Å². The first-order chi connectivity index (χ1) is 6.69. The second-order valence-electron chi connectivity index (χ2n) is 4.73. The predicted molar refractivity (Wildman–Crippen MR) is 53.9 cm³/mol. The molecule has 0 unspecified atom stereocenters. The SMILES string of the molecule is COC(=O)C1(C2CCN(C)CC2)CC1. The van der Waals surface area contributed by atoms with Gasteiger partial charge in [-0.3, -0.25) is 4.79 Å². The van der Waals surface area contributed by atoms with Gasteiger partial charge in [-0.05, 0) is 51.7 Å². The van der Waals surface area contributed by atoms with Crippen molar-refractivity contribution in [2.45, 2.75) is 25.7 Å². The molecule has 0 radical (unpaired) electrons. The van der Waals surface area contributed by atoms with Crippen molar-refractivity contribution < 1.29 is 9.53 Å². The Morgan fingerprint density at radius 2 is 1.93 bits per heavy atom. The maximum Gasteiger partial charge on any atom is 0.312 e. The van der Waals surface area contributed by atoms with Crippen molar-refractivity contribution in [2.24, 2.45) is 11.3 Å². The molecule has 0 bridgehead atoms. The van der Waals surface area contributed by atoms with Crippen LogP contribution in [0.15, 0.2) is 0 Å². The predicted octanol–water partition coefficient (Wildman–Crippen LogP) is 1.28. The number of piperidine rings is 1. The Kier molecular flexibility index (Phi) is 2.52.